The van der Waals surface area contributed by atoms with Crippen LogP contribution in [0.5, 0.6) is 0 Å². The van der Waals surface area contributed by atoms with Crippen molar-refractivity contribution in [2.45, 2.75) is 31.4 Å². The number of aliphatic hydroxyl groups excluding tert-OH is 1. The molecule has 0 aliphatic heterocycles. The van der Waals surface area contributed by atoms with Crippen LogP contribution in [-0.4, -0.2) is 42.7 Å². The average molecular weight is 208 g/mol. The van der Waals surface area contributed by atoms with Crippen molar-refractivity contribution >= 4 is 5.91 Å². The summed E-state index contributed by atoms with van der Waals surface area (Å²) in [6, 6.07) is 0.268. The Bertz CT molecular complexity index is 198. The first-order valence-electron chi connectivity index (χ1n) is 4.56. The quantitative estimate of drug-likeness (QED) is 0.550. The van der Waals surface area contributed by atoms with Gasteiger partial charge in [0.2, 0.25) is 5.91 Å². The van der Waals surface area contributed by atoms with Gasteiger partial charge in [0.25, 0.3) is 6.43 Å². The van der Waals surface area contributed by atoms with Crippen LogP contribution in [0, 0.1) is 0 Å². The van der Waals surface area contributed by atoms with Crippen molar-refractivity contribution in [3.8, 4) is 0 Å². The number of alkyl halides is 2. The van der Waals surface area contributed by atoms with Gasteiger partial charge in [-0.05, 0) is 12.8 Å². The molecule has 82 valence electrons. The third-order valence-electron chi connectivity index (χ3n) is 1.87. The Kier molecular flexibility index (Phi) is 4.21. The molecule has 1 aliphatic carbocycles. The Morgan fingerprint density at radius 2 is 2.14 bits per heavy atom. The number of rotatable bonds is 6. The molecule has 0 spiro atoms. The van der Waals surface area contributed by atoms with Gasteiger partial charge in [0.15, 0.2) is 0 Å². The maximum absolute atomic E-state index is 11.8. The number of hydrogen-bond acceptors (Lipinski definition) is 3. The number of nitrogens with one attached hydrogen (secondary N) is 2. The fraction of sp³-hybridized carbons (Fsp3) is 0.875. The molecule has 1 fully saturated rings. The average Bonchev–Trinajstić information content (AvgIpc) is 2.87. The van der Waals surface area contributed by atoms with Gasteiger partial charge in [0.05, 0.1) is 6.54 Å². The van der Waals surface area contributed by atoms with E-state index in [0.717, 1.165) is 12.8 Å². The number of carbonyl (C=O) groups is 1. The van der Waals surface area contributed by atoms with Crippen LogP contribution < -0.4 is 10.6 Å². The Hall–Kier alpha value is -0.750. The predicted molar refractivity (Wildman–Crippen MR) is 46.0 cm³/mol. The van der Waals surface area contributed by atoms with Crippen molar-refractivity contribution in [2.75, 3.05) is 13.1 Å². The van der Waals surface area contributed by atoms with E-state index < -0.39 is 12.5 Å². The second-order valence-electron chi connectivity index (χ2n) is 3.37. The van der Waals surface area contributed by atoms with Gasteiger partial charge in [-0.2, -0.15) is 0 Å². The smallest absolute Gasteiger partial charge is 0.265 e. The predicted octanol–water partition coefficient (Wildman–Crippen LogP) is -0.519. The Morgan fingerprint density at radius 3 is 2.64 bits per heavy atom. The molecule has 0 heterocycles. The van der Waals surface area contributed by atoms with E-state index in [1.165, 1.54) is 0 Å². The summed E-state index contributed by atoms with van der Waals surface area (Å²) in [7, 11) is 0. The van der Waals surface area contributed by atoms with Gasteiger partial charge < -0.3 is 15.7 Å². The summed E-state index contributed by atoms with van der Waals surface area (Å²) < 4.78 is 23.6. The third-order valence-corrected chi connectivity index (χ3v) is 1.87. The zero-order chi connectivity index (χ0) is 10.6. The van der Waals surface area contributed by atoms with E-state index in [1.807, 2.05) is 0 Å². The molecule has 14 heavy (non-hydrogen) atoms. The molecular weight excluding hydrogens is 194 g/mol. The number of hydrogen-bond donors (Lipinski definition) is 3. The summed E-state index contributed by atoms with van der Waals surface area (Å²) in [5.41, 5.74) is 0. The van der Waals surface area contributed by atoms with Crippen LogP contribution in [-0.2, 0) is 4.79 Å². The Morgan fingerprint density at radius 1 is 1.50 bits per heavy atom. The van der Waals surface area contributed by atoms with Crippen molar-refractivity contribution in [3.05, 3.63) is 0 Å². The van der Waals surface area contributed by atoms with Gasteiger partial charge in [-0.25, -0.2) is 8.78 Å². The van der Waals surface area contributed by atoms with Crippen molar-refractivity contribution in [1.29, 1.82) is 0 Å². The number of halogens is 2. The van der Waals surface area contributed by atoms with Crippen LogP contribution in [0.3, 0.4) is 0 Å². The van der Waals surface area contributed by atoms with E-state index >= 15 is 0 Å². The van der Waals surface area contributed by atoms with Crippen molar-refractivity contribution in [2.24, 2.45) is 0 Å². The van der Waals surface area contributed by atoms with E-state index in [-0.39, 0.29) is 25.0 Å². The molecule has 1 unspecified atom stereocenters. The summed E-state index contributed by atoms with van der Waals surface area (Å²) >= 11 is 0. The summed E-state index contributed by atoms with van der Waals surface area (Å²) in [4.78, 5) is 11.0. The van der Waals surface area contributed by atoms with Crippen molar-refractivity contribution < 1.29 is 18.7 Å². The molecule has 1 rings (SSSR count). The minimum atomic E-state index is -2.77. The Labute approximate surface area is 80.7 Å². The monoisotopic (exact) mass is 208 g/mol. The lowest BCUT2D eigenvalue weighted by atomic mass is 10.3. The SMILES string of the molecule is O=C(CNCC(O)C(F)F)NC1CC1. The lowest BCUT2D eigenvalue weighted by molar-refractivity contribution is -0.120. The highest BCUT2D eigenvalue weighted by Crippen LogP contribution is 2.18. The van der Waals surface area contributed by atoms with E-state index in [2.05, 4.69) is 10.6 Å². The van der Waals surface area contributed by atoms with E-state index in [4.69, 9.17) is 5.11 Å². The van der Waals surface area contributed by atoms with E-state index in [1.54, 1.807) is 0 Å². The molecule has 1 atom stereocenters. The minimum absolute atomic E-state index is 0.0275. The first kappa shape index (κ1) is 11.3. The maximum Gasteiger partial charge on any atom is 0.265 e. The third kappa shape index (κ3) is 4.48. The van der Waals surface area contributed by atoms with E-state index in [9.17, 15) is 13.6 Å². The molecule has 0 radical (unpaired) electrons. The van der Waals surface area contributed by atoms with Gasteiger partial charge in [0.1, 0.15) is 6.10 Å². The second-order valence-corrected chi connectivity index (χ2v) is 3.37. The summed E-state index contributed by atoms with van der Waals surface area (Å²) in [6.45, 7) is -0.296. The van der Waals surface area contributed by atoms with Gasteiger partial charge in [-0.3, -0.25) is 4.79 Å². The standard InChI is InChI=1S/C8H14F2N2O2/c9-8(10)6(13)3-11-4-7(14)12-5-1-2-5/h5-6,8,11,13H,1-4H2,(H,12,14). The first-order valence-corrected chi connectivity index (χ1v) is 4.56. The highest BCUT2D eigenvalue weighted by Gasteiger charge is 2.23. The fourth-order valence-corrected chi connectivity index (χ4v) is 0.929. The van der Waals surface area contributed by atoms with Gasteiger partial charge in [-0.1, -0.05) is 0 Å². The lowest BCUT2D eigenvalue weighted by Gasteiger charge is -2.10. The first-order chi connectivity index (χ1) is 6.59. The summed E-state index contributed by atoms with van der Waals surface area (Å²) in [5, 5.41) is 13.8. The van der Waals surface area contributed by atoms with Crippen LogP contribution >= 0.6 is 0 Å². The van der Waals surface area contributed by atoms with Crippen molar-refractivity contribution in [1.82, 2.24) is 10.6 Å². The largest absolute Gasteiger partial charge is 0.386 e. The normalized spacial score (nSPS) is 18.3. The second kappa shape index (κ2) is 5.21. The topological polar surface area (TPSA) is 61.4 Å². The minimum Gasteiger partial charge on any atom is -0.386 e. The molecule has 6 heteroatoms. The maximum atomic E-state index is 11.8. The summed E-state index contributed by atoms with van der Waals surface area (Å²) in [5.74, 6) is -0.214. The highest BCUT2D eigenvalue weighted by molar-refractivity contribution is 5.78. The van der Waals surface area contributed by atoms with Crippen LogP contribution in [0.4, 0.5) is 8.78 Å². The Balaban J connectivity index is 1.99. The molecule has 1 saturated carbocycles. The molecule has 0 aromatic carbocycles. The highest BCUT2D eigenvalue weighted by atomic mass is 19.3. The number of aliphatic hydroxyl groups is 1. The molecular formula is C8H14F2N2O2. The number of carbonyl (C=O) groups excluding carboxylic acids is 1. The lowest BCUT2D eigenvalue weighted by Crippen LogP contribution is -2.39. The zero-order valence-corrected chi connectivity index (χ0v) is 7.67. The van der Waals surface area contributed by atoms with Crippen LogP contribution in [0.2, 0.25) is 0 Å². The van der Waals surface area contributed by atoms with Gasteiger partial charge in [0, 0.05) is 12.6 Å². The fourth-order valence-electron chi connectivity index (χ4n) is 0.929. The van der Waals surface area contributed by atoms with Crippen LogP contribution in [0.25, 0.3) is 0 Å². The molecule has 1 amide bonds. The van der Waals surface area contributed by atoms with Crippen LogP contribution in [0.15, 0.2) is 0 Å². The number of amides is 1. The molecule has 0 saturated heterocycles. The molecule has 3 N–H and O–H groups in total. The molecule has 0 aromatic rings. The summed E-state index contributed by atoms with van der Waals surface area (Å²) in [6.07, 6.45) is -2.49. The van der Waals surface area contributed by atoms with Gasteiger partial charge >= 0.3 is 0 Å². The molecule has 0 bridgehead atoms. The van der Waals surface area contributed by atoms with Crippen LogP contribution in [0.1, 0.15) is 12.8 Å². The van der Waals surface area contributed by atoms with E-state index in [0.29, 0.717) is 0 Å². The van der Waals surface area contributed by atoms with Crippen molar-refractivity contribution in [3.63, 3.8) is 0 Å². The molecule has 4 nitrogen and oxygen atoms in total. The molecule has 0 aromatic heterocycles. The molecule has 1 aliphatic rings. The van der Waals surface area contributed by atoms with Gasteiger partial charge in [-0.15, -0.1) is 0 Å². The zero-order valence-electron chi connectivity index (χ0n) is 7.67.